The van der Waals surface area contributed by atoms with Crippen molar-refractivity contribution in [3.63, 3.8) is 0 Å². The first-order valence-corrected chi connectivity index (χ1v) is 7.96. The summed E-state index contributed by atoms with van der Waals surface area (Å²) in [5.74, 6) is -0.419. The zero-order valence-corrected chi connectivity index (χ0v) is 14.2. The number of fused-ring (bicyclic) bond motifs is 1. The van der Waals surface area contributed by atoms with Crippen LogP contribution in [0.15, 0.2) is 24.3 Å². The number of imidazole rings is 1. The fourth-order valence-electron chi connectivity index (χ4n) is 3.20. The number of aliphatic hydroxyl groups is 1. The quantitative estimate of drug-likeness (QED) is 0.826. The van der Waals surface area contributed by atoms with Gasteiger partial charge in [0, 0.05) is 13.8 Å². The molecule has 1 aromatic heterocycles. The molecule has 3 rings (SSSR count). The molecule has 0 saturated carbocycles. The van der Waals surface area contributed by atoms with E-state index in [4.69, 9.17) is 14.2 Å². The lowest BCUT2D eigenvalue weighted by Crippen LogP contribution is -2.40. The normalized spacial score (nSPS) is 25.9. The number of nitrogens with zero attached hydrogens (tertiary/aromatic N) is 2. The SMILES string of the molecule is CC(=O)O[C@@H]1[C@H](OC(C)=O)[C@@H](CO)O[C@H]1n1c(C)nc2ccccc21. The van der Waals surface area contributed by atoms with Crippen LogP contribution in [0.25, 0.3) is 11.0 Å². The minimum Gasteiger partial charge on any atom is -0.456 e. The van der Waals surface area contributed by atoms with Gasteiger partial charge < -0.3 is 19.3 Å². The van der Waals surface area contributed by atoms with Crippen LogP contribution in [0.2, 0.25) is 0 Å². The number of carbonyl (C=O) groups excluding carboxylic acids is 2. The molecule has 1 aromatic carbocycles. The second-order valence-corrected chi connectivity index (χ2v) is 5.91. The summed E-state index contributed by atoms with van der Waals surface area (Å²) >= 11 is 0. The van der Waals surface area contributed by atoms with Crippen molar-refractivity contribution in [2.45, 2.75) is 45.3 Å². The monoisotopic (exact) mass is 348 g/mol. The first-order valence-electron chi connectivity index (χ1n) is 7.96. The Morgan fingerprint density at radius 1 is 1.20 bits per heavy atom. The molecule has 2 aromatic rings. The molecule has 0 amide bonds. The van der Waals surface area contributed by atoms with Gasteiger partial charge in [0.05, 0.1) is 17.6 Å². The molecule has 1 aliphatic heterocycles. The van der Waals surface area contributed by atoms with Gasteiger partial charge >= 0.3 is 11.9 Å². The van der Waals surface area contributed by atoms with Crippen LogP contribution in [0.3, 0.4) is 0 Å². The van der Waals surface area contributed by atoms with Gasteiger partial charge in [-0.05, 0) is 19.1 Å². The minimum atomic E-state index is -0.906. The highest BCUT2D eigenvalue weighted by molar-refractivity contribution is 5.76. The molecule has 4 atom stereocenters. The molecular weight excluding hydrogens is 328 g/mol. The van der Waals surface area contributed by atoms with Crippen LogP contribution in [0, 0.1) is 6.92 Å². The second kappa shape index (κ2) is 6.81. The van der Waals surface area contributed by atoms with Gasteiger partial charge in [0.2, 0.25) is 0 Å². The van der Waals surface area contributed by atoms with Gasteiger partial charge in [0.15, 0.2) is 18.4 Å². The van der Waals surface area contributed by atoms with Crippen LogP contribution in [-0.2, 0) is 23.8 Å². The lowest BCUT2D eigenvalue weighted by Gasteiger charge is -2.24. The van der Waals surface area contributed by atoms with E-state index >= 15 is 0 Å². The Kier molecular flexibility index (Phi) is 4.73. The van der Waals surface area contributed by atoms with Crippen LogP contribution in [0.1, 0.15) is 25.9 Å². The van der Waals surface area contributed by atoms with E-state index in [-0.39, 0.29) is 6.61 Å². The Morgan fingerprint density at radius 3 is 2.48 bits per heavy atom. The van der Waals surface area contributed by atoms with Crippen molar-refractivity contribution < 1.29 is 28.9 Å². The van der Waals surface area contributed by atoms with Crippen LogP contribution in [-0.4, -0.2) is 51.5 Å². The number of rotatable bonds is 4. The zero-order chi connectivity index (χ0) is 18.1. The van der Waals surface area contributed by atoms with Crippen molar-refractivity contribution >= 4 is 23.0 Å². The molecular formula is C17H20N2O6. The molecule has 1 N–H and O–H groups in total. The molecule has 0 bridgehead atoms. The smallest absolute Gasteiger partial charge is 0.303 e. The van der Waals surface area contributed by atoms with E-state index in [1.807, 2.05) is 24.3 Å². The lowest BCUT2D eigenvalue weighted by atomic mass is 10.1. The molecule has 1 saturated heterocycles. The molecule has 8 nitrogen and oxygen atoms in total. The number of esters is 2. The third-order valence-electron chi connectivity index (χ3n) is 4.10. The van der Waals surface area contributed by atoms with Crippen LogP contribution in [0.4, 0.5) is 0 Å². The van der Waals surface area contributed by atoms with Gasteiger partial charge in [0.1, 0.15) is 11.9 Å². The maximum Gasteiger partial charge on any atom is 0.303 e. The summed E-state index contributed by atoms with van der Waals surface area (Å²) < 4.78 is 18.3. The molecule has 0 aliphatic carbocycles. The van der Waals surface area contributed by atoms with Crippen molar-refractivity contribution in [2.75, 3.05) is 6.61 Å². The molecule has 1 fully saturated rings. The summed E-state index contributed by atoms with van der Waals surface area (Å²) in [6, 6.07) is 7.47. The van der Waals surface area contributed by atoms with E-state index in [9.17, 15) is 14.7 Å². The summed E-state index contributed by atoms with van der Waals surface area (Å²) in [6.45, 7) is 3.96. The number of hydrogen-bond acceptors (Lipinski definition) is 7. The summed E-state index contributed by atoms with van der Waals surface area (Å²) in [4.78, 5) is 27.5. The Hall–Kier alpha value is -2.45. The fourth-order valence-corrected chi connectivity index (χ4v) is 3.20. The van der Waals surface area contributed by atoms with E-state index in [0.29, 0.717) is 5.82 Å². The van der Waals surface area contributed by atoms with Crippen molar-refractivity contribution in [1.82, 2.24) is 9.55 Å². The van der Waals surface area contributed by atoms with Crippen molar-refractivity contribution in [1.29, 1.82) is 0 Å². The summed E-state index contributed by atoms with van der Waals surface area (Å²) in [5, 5.41) is 9.62. The van der Waals surface area contributed by atoms with Crippen molar-refractivity contribution in [3.05, 3.63) is 30.1 Å². The van der Waals surface area contributed by atoms with Gasteiger partial charge in [-0.3, -0.25) is 14.2 Å². The molecule has 0 radical (unpaired) electrons. The lowest BCUT2D eigenvalue weighted by molar-refractivity contribution is -0.165. The third-order valence-corrected chi connectivity index (χ3v) is 4.10. The minimum absolute atomic E-state index is 0.377. The van der Waals surface area contributed by atoms with E-state index < -0.39 is 36.5 Å². The summed E-state index contributed by atoms with van der Waals surface area (Å²) in [6.07, 6.45) is -3.37. The van der Waals surface area contributed by atoms with Crippen molar-refractivity contribution in [2.24, 2.45) is 0 Å². The van der Waals surface area contributed by atoms with E-state index in [1.165, 1.54) is 13.8 Å². The highest BCUT2D eigenvalue weighted by Crippen LogP contribution is 2.36. The fraction of sp³-hybridized carbons (Fsp3) is 0.471. The maximum atomic E-state index is 11.6. The maximum absolute atomic E-state index is 11.6. The number of carbonyl (C=O) groups is 2. The first-order chi connectivity index (χ1) is 11.9. The molecule has 0 spiro atoms. The number of aromatic nitrogens is 2. The van der Waals surface area contributed by atoms with E-state index in [0.717, 1.165) is 11.0 Å². The zero-order valence-electron chi connectivity index (χ0n) is 14.2. The second-order valence-electron chi connectivity index (χ2n) is 5.91. The van der Waals surface area contributed by atoms with Gasteiger partial charge in [-0.15, -0.1) is 0 Å². The number of aliphatic hydroxyl groups excluding tert-OH is 1. The number of hydrogen-bond donors (Lipinski definition) is 1. The van der Waals surface area contributed by atoms with Gasteiger partial charge in [0.25, 0.3) is 0 Å². The molecule has 2 heterocycles. The van der Waals surface area contributed by atoms with Gasteiger partial charge in [-0.2, -0.15) is 0 Å². The topological polar surface area (TPSA) is 99.9 Å². The van der Waals surface area contributed by atoms with Gasteiger partial charge in [-0.25, -0.2) is 4.98 Å². The van der Waals surface area contributed by atoms with Crippen LogP contribution >= 0.6 is 0 Å². The number of benzene rings is 1. The van der Waals surface area contributed by atoms with Gasteiger partial charge in [-0.1, -0.05) is 12.1 Å². The molecule has 1 aliphatic rings. The standard InChI is InChI=1S/C17H20N2O6/c1-9-18-12-6-4-5-7-13(12)19(9)17-16(24-11(3)22)15(23-10(2)21)14(8-20)25-17/h4-7,14-17,20H,8H2,1-3H3/t14-,15-,16-,17-/m1/s1. The summed E-state index contributed by atoms with van der Waals surface area (Å²) in [5.41, 5.74) is 1.56. The molecule has 8 heteroatoms. The average molecular weight is 348 g/mol. The third kappa shape index (κ3) is 3.22. The predicted molar refractivity (Wildman–Crippen MR) is 86.6 cm³/mol. The van der Waals surface area contributed by atoms with Crippen LogP contribution in [0.5, 0.6) is 0 Å². The Morgan fingerprint density at radius 2 is 1.84 bits per heavy atom. The van der Waals surface area contributed by atoms with Crippen LogP contribution < -0.4 is 0 Å². The first kappa shape index (κ1) is 17.4. The summed E-state index contributed by atoms with van der Waals surface area (Å²) in [7, 11) is 0. The highest BCUT2D eigenvalue weighted by Gasteiger charge is 2.50. The number of ether oxygens (including phenoxy) is 3. The Balaban J connectivity index is 2.07. The van der Waals surface area contributed by atoms with E-state index in [2.05, 4.69) is 4.98 Å². The Bertz CT molecular complexity index is 802. The average Bonchev–Trinajstić information content (AvgIpc) is 3.03. The Labute approximate surface area is 144 Å². The number of aryl methyl sites for hydroxylation is 1. The molecule has 0 unspecified atom stereocenters. The van der Waals surface area contributed by atoms with Crippen molar-refractivity contribution in [3.8, 4) is 0 Å². The predicted octanol–water partition coefficient (Wildman–Crippen LogP) is 1.10. The largest absolute Gasteiger partial charge is 0.456 e. The molecule has 134 valence electrons. The highest BCUT2D eigenvalue weighted by atomic mass is 16.6. The molecule has 25 heavy (non-hydrogen) atoms. The van der Waals surface area contributed by atoms with E-state index in [1.54, 1.807) is 11.5 Å². The number of para-hydroxylation sites is 2.